The third kappa shape index (κ3) is 7.46. The number of amides is 1. The molecule has 4 aliphatic rings. The average molecular weight is 887 g/mol. The predicted molar refractivity (Wildman–Crippen MR) is 239 cm³/mol. The Bertz CT molecular complexity index is 2440. The van der Waals surface area contributed by atoms with Crippen LogP contribution in [0.2, 0.25) is 36.3 Å². The van der Waals surface area contributed by atoms with Crippen LogP contribution in [-0.4, -0.2) is 110 Å². The third-order valence-electron chi connectivity index (χ3n) is 14.2. The van der Waals surface area contributed by atoms with Gasteiger partial charge in [-0.3, -0.25) is 13.9 Å². The van der Waals surface area contributed by atoms with E-state index in [9.17, 15) is 4.79 Å². The summed E-state index contributed by atoms with van der Waals surface area (Å²) in [6.07, 6.45) is 6.32. The molecule has 5 aromatic rings. The largest absolute Gasteiger partial charge is 0.408 e. The second kappa shape index (κ2) is 15.8. The van der Waals surface area contributed by atoms with Crippen molar-refractivity contribution in [2.24, 2.45) is 0 Å². The van der Waals surface area contributed by atoms with Crippen molar-refractivity contribution < 1.29 is 32.6 Å². The first kappa shape index (κ1) is 44.4. The highest BCUT2D eigenvalue weighted by molar-refractivity contribution is 6.74. The van der Waals surface area contributed by atoms with Gasteiger partial charge in [0, 0.05) is 5.56 Å². The van der Waals surface area contributed by atoms with Gasteiger partial charge in [0.15, 0.2) is 57.5 Å². The minimum Gasteiger partial charge on any atom is -0.408 e. The maximum absolute atomic E-state index is 12.7. The molecule has 0 saturated carbocycles. The first-order chi connectivity index (χ1) is 29.2. The molecule has 0 aliphatic carbocycles. The fraction of sp³-hybridized carbons (Fsp3) is 0.605. The number of rotatable bonds is 10. The van der Waals surface area contributed by atoms with Crippen LogP contribution in [0.15, 0.2) is 55.6 Å². The first-order valence-electron chi connectivity index (χ1n) is 21.6. The molecule has 3 N–H and O–H groups in total. The highest BCUT2D eigenvalue weighted by Crippen LogP contribution is 2.53. The Balaban J connectivity index is 0.000000176. The average Bonchev–Trinajstić information content (AvgIpc) is 4.08. The molecule has 9 rings (SSSR count). The number of aromatic nitrogens is 8. The highest BCUT2D eigenvalue weighted by atomic mass is 28.4. The molecule has 4 bridgehead atoms. The SMILES string of the molecule is CC[C@]12CO[C@@H](C1O[Si](C)(C)C(C)(C)C)[C@H](n1cnc3c(N)ncnc31)O2.CC[C@]12CO[C@@H](C1O[Si](C)(C)C(C)(C)C)[C@H](n1cnc3c(NC(=O)c4ccccc4)ncnc31)O2. The van der Waals surface area contributed by atoms with E-state index in [1.165, 1.54) is 12.7 Å². The van der Waals surface area contributed by atoms with Crippen LogP contribution >= 0.6 is 0 Å². The molecule has 19 heteroatoms. The molecule has 4 fully saturated rings. The molecule has 2 unspecified atom stereocenters. The van der Waals surface area contributed by atoms with Crippen molar-refractivity contribution in [2.75, 3.05) is 24.3 Å². The van der Waals surface area contributed by atoms with Gasteiger partial charge < -0.3 is 38.8 Å². The number of carbonyl (C=O) groups is 1. The molecule has 4 aromatic heterocycles. The van der Waals surface area contributed by atoms with Crippen LogP contribution in [0.25, 0.3) is 22.3 Å². The lowest BCUT2D eigenvalue weighted by atomic mass is 9.96. The molecule has 8 heterocycles. The van der Waals surface area contributed by atoms with Crippen LogP contribution in [0.1, 0.15) is 91.0 Å². The highest BCUT2D eigenvalue weighted by Gasteiger charge is 2.65. The fourth-order valence-electron chi connectivity index (χ4n) is 8.19. The molecular formula is C43H62N10O7Si2. The normalized spacial score (nSPS) is 28.5. The first-order valence-corrected chi connectivity index (χ1v) is 27.4. The van der Waals surface area contributed by atoms with E-state index in [1.807, 2.05) is 27.3 Å². The molecule has 62 heavy (non-hydrogen) atoms. The quantitative estimate of drug-likeness (QED) is 0.131. The van der Waals surface area contributed by atoms with Gasteiger partial charge in [-0.1, -0.05) is 73.6 Å². The zero-order valence-electron chi connectivity index (χ0n) is 38.0. The second-order valence-corrected chi connectivity index (χ2v) is 29.5. The maximum Gasteiger partial charge on any atom is 0.256 e. The molecular weight excluding hydrogens is 825 g/mol. The number of anilines is 2. The third-order valence-corrected chi connectivity index (χ3v) is 23.1. The van der Waals surface area contributed by atoms with Gasteiger partial charge in [-0.05, 0) is 61.2 Å². The smallest absolute Gasteiger partial charge is 0.256 e. The number of carbonyl (C=O) groups excluding carboxylic acids is 1. The Hall–Kier alpha value is -4.22. The van der Waals surface area contributed by atoms with Crippen molar-refractivity contribution in [3.8, 4) is 0 Å². The van der Waals surface area contributed by atoms with Crippen LogP contribution in [-0.2, 0) is 27.8 Å². The van der Waals surface area contributed by atoms with Crippen LogP contribution in [0, 0.1) is 0 Å². The monoisotopic (exact) mass is 886 g/mol. The van der Waals surface area contributed by atoms with Crippen LogP contribution in [0.3, 0.4) is 0 Å². The van der Waals surface area contributed by atoms with E-state index in [0.717, 1.165) is 12.8 Å². The van der Waals surface area contributed by atoms with Gasteiger partial charge in [0.05, 0.1) is 25.9 Å². The molecule has 8 atom stereocenters. The summed E-state index contributed by atoms with van der Waals surface area (Å²) in [5.41, 5.74) is 7.82. The maximum atomic E-state index is 12.7. The number of nitrogens with zero attached hydrogens (tertiary/aromatic N) is 8. The van der Waals surface area contributed by atoms with Gasteiger partial charge in [0.25, 0.3) is 5.91 Å². The summed E-state index contributed by atoms with van der Waals surface area (Å²) < 4.78 is 43.1. The Labute approximate surface area is 365 Å². The van der Waals surface area contributed by atoms with E-state index in [2.05, 4.69) is 117 Å². The van der Waals surface area contributed by atoms with E-state index in [-0.39, 0.29) is 46.6 Å². The number of ether oxygens (including phenoxy) is 4. The number of benzene rings is 1. The number of nitrogen functional groups attached to an aromatic ring is 1. The lowest BCUT2D eigenvalue weighted by molar-refractivity contribution is -0.173. The van der Waals surface area contributed by atoms with Crippen LogP contribution < -0.4 is 11.1 Å². The summed E-state index contributed by atoms with van der Waals surface area (Å²) in [5.74, 6) is 0.459. The van der Waals surface area contributed by atoms with Gasteiger partial charge in [0.2, 0.25) is 0 Å². The van der Waals surface area contributed by atoms with E-state index in [4.69, 9.17) is 33.5 Å². The number of nitrogens with one attached hydrogen (secondary N) is 1. The van der Waals surface area contributed by atoms with E-state index >= 15 is 0 Å². The number of hydrogen-bond acceptors (Lipinski definition) is 14. The van der Waals surface area contributed by atoms with Crippen molar-refractivity contribution in [3.05, 3.63) is 61.2 Å². The zero-order valence-corrected chi connectivity index (χ0v) is 40.0. The van der Waals surface area contributed by atoms with Crippen molar-refractivity contribution in [1.82, 2.24) is 39.0 Å². The van der Waals surface area contributed by atoms with Gasteiger partial charge >= 0.3 is 0 Å². The second-order valence-electron chi connectivity index (χ2n) is 20.0. The minimum absolute atomic E-state index is 0.0697. The number of imidazole rings is 2. The summed E-state index contributed by atoms with van der Waals surface area (Å²) in [6, 6.07) is 9.00. The van der Waals surface area contributed by atoms with Crippen LogP contribution in [0.4, 0.5) is 11.6 Å². The summed E-state index contributed by atoms with van der Waals surface area (Å²) in [6.45, 7) is 27.8. The van der Waals surface area contributed by atoms with Gasteiger partial charge in [0.1, 0.15) is 53.8 Å². The number of nitrogens with two attached hydrogens (primary N) is 1. The molecule has 4 saturated heterocycles. The van der Waals surface area contributed by atoms with E-state index in [0.29, 0.717) is 52.7 Å². The lowest BCUT2D eigenvalue weighted by Gasteiger charge is -2.40. The number of fused-ring (bicyclic) bond motifs is 6. The predicted octanol–water partition coefficient (Wildman–Crippen LogP) is 7.42. The Morgan fingerprint density at radius 1 is 0.742 bits per heavy atom. The lowest BCUT2D eigenvalue weighted by Crippen LogP contribution is -2.51. The van der Waals surface area contributed by atoms with Crippen molar-refractivity contribution in [1.29, 1.82) is 0 Å². The summed E-state index contributed by atoms with van der Waals surface area (Å²) in [5, 5.41) is 3.04. The topological polar surface area (TPSA) is 198 Å². The Morgan fingerprint density at radius 2 is 1.21 bits per heavy atom. The van der Waals surface area contributed by atoms with E-state index < -0.39 is 34.1 Å². The summed E-state index contributed by atoms with van der Waals surface area (Å²) in [4.78, 5) is 38.7. The molecule has 334 valence electrons. The van der Waals surface area contributed by atoms with E-state index in [1.54, 1.807) is 24.8 Å². The molecule has 1 amide bonds. The Kier molecular flexibility index (Phi) is 11.3. The standard InChI is InChI=1S/C25H33N5O4Si.C18H29N5O3Si/c1-7-25-13-32-18(19(25)34-35(5,6)24(2,3)4)23(33-25)30-15-28-17-20(26-14-27-21(17)30)29-22(31)16-11-9-8-10-12-16;1-7-18-8-24-12(13(18)26-27(5,6)17(2,3)4)16(25-18)23-10-22-11-14(19)20-9-21-15(11)23/h8-12,14-15,18-19,23H,7,13H2,1-6H3,(H,26,27,29,31);9-10,12-13,16H,7-8H2,1-6H3,(H2,19,20,21)/t18-,19?,23+,25-;12-,13?,16+,18-/m00/s1. The van der Waals surface area contributed by atoms with Crippen LogP contribution in [0.5, 0.6) is 0 Å². The van der Waals surface area contributed by atoms with Crippen molar-refractivity contribution in [2.45, 2.75) is 153 Å². The van der Waals surface area contributed by atoms with Gasteiger partial charge in [-0.15, -0.1) is 0 Å². The van der Waals surface area contributed by atoms with Crippen molar-refractivity contribution in [3.63, 3.8) is 0 Å². The van der Waals surface area contributed by atoms with Gasteiger partial charge in [-0.25, -0.2) is 29.9 Å². The summed E-state index contributed by atoms with van der Waals surface area (Å²) in [7, 11) is -4.05. The minimum atomic E-state index is -2.06. The molecule has 0 radical (unpaired) electrons. The Morgan fingerprint density at radius 3 is 1.69 bits per heavy atom. The van der Waals surface area contributed by atoms with Crippen molar-refractivity contribution >= 4 is 56.5 Å². The fourth-order valence-corrected chi connectivity index (χ4v) is 10.9. The number of hydrogen-bond donors (Lipinski definition) is 2. The zero-order chi connectivity index (χ0) is 44.6. The molecule has 0 spiro atoms. The van der Waals surface area contributed by atoms with Gasteiger partial charge in [-0.2, -0.15) is 0 Å². The molecule has 1 aromatic carbocycles. The molecule has 17 nitrogen and oxygen atoms in total. The molecule has 4 aliphatic heterocycles. The summed E-state index contributed by atoms with van der Waals surface area (Å²) >= 11 is 0.